The third kappa shape index (κ3) is 7.35. The lowest BCUT2D eigenvalue weighted by atomic mass is 9.89. The number of carboxylic acid groups (broad SMARTS) is 1. The number of esters is 1. The smallest absolute Gasteiger partial charge is 0.416 e. The molecule has 11 nitrogen and oxygen atoms in total. The fraction of sp³-hybridized carbons (Fsp3) is 0.367. The minimum absolute atomic E-state index is 0.0105. The zero-order chi connectivity index (χ0) is 33.0. The molecule has 1 aromatic heterocycles. The number of allylic oxidation sites excluding steroid dienone is 1. The Kier molecular flexibility index (Phi) is 10.1. The molecule has 2 heterocycles. The van der Waals surface area contributed by atoms with Crippen LogP contribution in [-0.2, 0) is 26.9 Å². The molecule has 0 saturated carbocycles. The highest BCUT2D eigenvalue weighted by atomic mass is 19.4. The predicted molar refractivity (Wildman–Crippen MR) is 152 cm³/mol. The standard InChI is InChI=1S/C27H27F3N6O3.C3H6O2/c1-16-22(24(37)39-5)23(21-10-9-17(15-31)13-18(21)11-12-36(2,3)4)35-25(32-33-26(35)38)34(16)20-8-6-7-19(14-20)27(28,29)30;1-2-3(4)5/h6-10,13-14,23H,11-12H2,1-5H3;2H2,1H3,(H,4,5). The highest BCUT2D eigenvalue weighted by Crippen LogP contribution is 2.43. The summed E-state index contributed by atoms with van der Waals surface area (Å²) in [5.41, 5.74) is 0.547. The lowest BCUT2D eigenvalue weighted by Gasteiger charge is -2.36. The molecule has 1 aliphatic heterocycles. The number of carbonyl (C=O) groups excluding carboxylic acids is 2. The van der Waals surface area contributed by atoms with Gasteiger partial charge in [0.25, 0.3) is 0 Å². The summed E-state index contributed by atoms with van der Waals surface area (Å²) < 4.78 is 47.6. The number of hydrogen-bond donors (Lipinski definition) is 1. The van der Waals surface area contributed by atoms with E-state index in [0.717, 1.165) is 17.7 Å². The van der Waals surface area contributed by atoms with E-state index in [2.05, 4.69) is 16.3 Å². The van der Waals surface area contributed by atoms with Gasteiger partial charge in [0.2, 0.25) is 5.95 Å². The average molecular weight is 615 g/mol. The molecule has 0 fully saturated rings. The summed E-state index contributed by atoms with van der Waals surface area (Å²) in [6.45, 7) is 3.79. The third-order valence-electron chi connectivity index (χ3n) is 6.89. The number of anilines is 2. The Hall–Kier alpha value is -4.90. The molecule has 0 amide bonds. The van der Waals surface area contributed by atoms with Crippen LogP contribution in [0.1, 0.15) is 48.6 Å². The Morgan fingerprint density at radius 2 is 1.84 bits per heavy atom. The van der Waals surface area contributed by atoms with Gasteiger partial charge in [-0.15, -0.1) is 5.10 Å². The number of rotatable bonds is 7. The molecular formula is C30H33F3N6O5. The van der Waals surface area contributed by atoms with E-state index in [9.17, 15) is 37.9 Å². The molecule has 1 aliphatic rings. The van der Waals surface area contributed by atoms with Crippen LogP contribution in [0.5, 0.6) is 0 Å². The van der Waals surface area contributed by atoms with E-state index in [1.807, 2.05) is 21.1 Å². The van der Waals surface area contributed by atoms with Gasteiger partial charge in [-0.2, -0.15) is 18.4 Å². The molecule has 0 bridgehead atoms. The number of fused-ring (bicyclic) bond motifs is 1. The summed E-state index contributed by atoms with van der Waals surface area (Å²) in [6, 6.07) is 10.7. The second-order valence-electron chi connectivity index (χ2n) is 11.0. The van der Waals surface area contributed by atoms with E-state index in [4.69, 9.17) is 4.74 Å². The number of aliphatic carboxylic acids is 1. The zero-order valence-corrected chi connectivity index (χ0v) is 25.2. The molecule has 0 aliphatic carbocycles. The Labute approximate surface area is 252 Å². The van der Waals surface area contributed by atoms with Gasteiger partial charge >= 0.3 is 17.8 Å². The van der Waals surface area contributed by atoms with Gasteiger partial charge in [0.05, 0.1) is 57.6 Å². The average Bonchev–Trinajstić information content (AvgIpc) is 3.34. The van der Waals surface area contributed by atoms with Crippen molar-refractivity contribution < 1.29 is 37.1 Å². The number of nitriles is 1. The fourth-order valence-electron chi connectivity index (χ4n) is 4.69. The molecule has 4 rings (SSSR count). The van der Waals surface area contributed by atoms with Gasteiger partial charge in [0, 0.05) is 23.8 Å². The van der Waals surface area contributed by atoms with Crippen molar-refractivity contribution in [1.82, 2.24) is 14.8 Å². The number of nitrogens with zero attached hydrogens (tertiary/aromatic N) is 5. The van der Waals surface area contributed by atoms with Gasteiger partial charge in [-0.1, -0.05) is 19.1 Å². The number of quaternary nitrogens is 1. The summed E-state index contributed by atoms with van der Waals surface area (Å²) in [4.78, 5) is 37.0. The molecule has 1 N–H and O–H groups in total. The lowest BCUT2D eigenvalue weighted by molar-refractivity contribution is -0.870. The van der Waals surface area contributed by atoms with E-state index in [1.54, 1.807) is 25.1 Å². The monoisotopic (exact) mass is 614 g/mol. The van der Waals surface area contributed by atoms with Gasteiger partial charge in [0.1, 0.15) is 6.04 Å². The van der Waals surface area contributed by atoms with Gasteiger partial charge in [0.15, 0.2) is 0 Å². The van der Waals surface area contributed by atoms with Crippen molar-refractivity contribution in [3.63, 3.8) is 0 Å². The molecule has 1 atom stereocenters. The normalized spacial score (nSPS) is 14.7. The van der Waals surface area contributed by atoms with Crippen molar-refractivity contribution in [3.05, 3.63) is 86.5 Å². The van der Waals surface area contributed by atoms with Crippen molar-refractivity contribution in [2.45, 2.75) is 38.9 Å². The Morgan fingerprint density at radius 3 is 2.39 bits per heavy atom. The van der Waals surface area contributed by atoms with Crippen LogP contribution in [0.2, 0.25) is 0 Å². The number of likely N-dealkylation sites (N-methyl/N-ethyl adjacent to an activating group) is 1. The minimum Gasteiger partial charge on any atom is -0.550 e. The van der Waals surface area contributed by atoms with E-state index >= 15 is 0 Å². The first-order chi connectivity index (χ1) is 20.5. The first-order valence-electron chi connectivity index (χ1n) is 13.5. The quantitative estimate of drug-likeness (QED) is 0.316. The number of carboxylic acids is 1. The van der Waals surface area contributed by atoms with Gasteiger partial charge < -0.3 is 19.1 Å². The number of methoxy groups -OCH3 is 1. The molecule has 0 radical (unpaired) electrons. The van der Waals surface area contributed by atoms with Crippen molar-refractivity contribution in [2.24, 2.45) is 0 Å². The number of nitrogens with one attached hydrogen (secondary N) is 1. The molecule has 2 aromatic carbocycles. The maximum atomic E-state index is 13.5. The summed E-state index contributed by atoms with van der Waals surface area (Å²) in [7, 11) is 7.25. The second kappa shape index (κ2) is 13.2. The highest BCUT2D eigenvalue weighted by Gasteiger charge is 2.41. The Balaban J connectivity index is 0.000000978. The Morgan fingerprint density at radius 1 is 1.18 bits per heavy atom. The molecular weight excluding hydrogens is 581 g/mol. The maximum Gasteiger partial charge on any atom is 0.416 e. The van der Waals surface area contributed by atoms with Crippen LogP contribution in [0.4, 0.5) is 24.8 Å². The van der Waals surface area contributed by atoms with Crippen LogP contribution in [0, 0.1) is 11.3 Å². The second-order valence-corrected chi connectivity index (χ2v) is 11.0. The van der Waals surface area contributed by atoms with E-state index in [-0.39, 0.29) is 29.3 Å². The molecule has 3 aromatic rings. The van der Waals surface area contributed by atoms with Crippen molar-refractivity contribution in [3.8, 4) is 6.07 Å². The van der Waals surface area contributed by atoms with Crippen LogP contribution < -0.4 is 15.7 Å². The minimum atomic E-state index is -4.61. The zero-order valence-electron chi connectivity index (χ0n) is 25.2. The van der Waals surface area contributed by atoms with E-state index in [0.29, 0.717) is 28.6 Å². The number of halogens is 3. The van der Waals surface area contributed by atoms with Crippen LogP contribution in [0.15, 0.2) is 58.5 Å². The number of aromatic nitrogens is 3. The lowest BCUT2D eigenvalue weighted by Crippen LogP contribution is -2.39. The third-order valence-corrected chi connectivity index (χ3v) is 6.89. The van der Waals surface area contributed by atoms with E-state index < -0.39 is 35.4 Å². The number of carbonyl (C=O) groups is 2. The largest absolute Gasteiger partial charge is 0.550 e. The van der Waals surface area contributed by atoms with E-state index in [1.165, 1.54) is 35.6 Å². The number of H-pyrrole nitrogens is 1. The summed E-state index contributed by atoms with van der Waals surface area (Å²) in [5, 5.41) is 25.3. The number of hydrogen-bond acceptors (Lipinski definition) is 8. The molecule has 0 saturated heterocycles. The molecule has 44 heavy (non-hydrogen) atoms. The topological polar surface area (TPSA) is 144 Å². The molecule has 0 spiro atoms. The molecule has 234 valence electrons. The van der Waals surface area contributed by atoms with Crippen molar-refractivity contribution in [2.75, 3.05) is 39.7 Å². The number of ether oxygens (including phenoxy) is 1. The van der Waals surface area contributed by atoms with Crippen LogP contribution in [0.3, 0.4) is 0 Å². The van der Waals surface area contributed by atoms with Crippen molar-refractivity contribution in [1.29, 1.82) is 5.26 Å². The number of aromatic amines is 1. The maximum absolute atomic E-state index is 13.5. The summed E-state index contributed by atoms with van der Waals surface area (Å²) in [5.74, 6) is -1.74. The summed E-state index contributed by atoms with van der Waals surface area (Å²) >= 11 is 0. The van der Waals surface area contributed by atoms with Crippen LogP contribution in [-0.4, -0.2) is 66.0 Å². The number of benzene rings is 2. The fourth-order valence-corrected chi connectivity index (χ4v) is 4.69. The highest BCUT2D eigenvalue weighted by molar-refractivity contribution is 5.93. The van der Waals surface area contributed by atoms with Crippen LogP contribution >= 0.6 is 0 Å². The first-order valence-corrected chi connectivity index (χ1v) is 13.5. The first kappa shape index (κ1) is 33.6. The van der Waals surface area contributed by atoms with Crippen LogP contribution in [0.25, 0.3) is 0 Å². The van der Waals surface area contributed by atoms with Gasteiger partial charge in [-0.3, -0.25) is 4.90 Å². The van der Waals surface area contributed by atoms with Gasteiger partial charge in [-0.05, 0) is 54.8 Å². The SMILES string of the molecule is CCC(=O)[O-].COC(=O)C1=C(C)N(c2cccc(C(F)(F)F)c2)c2n[nH]c(=O)n2C1c1ccc(C#N)cc1CC[N+](C)(C)C. The molecule has 1 unspecified atom stereocenters. The predicted octanol–water partition coefficient (Wildman–Crippen LogP) is 3.04. The Bertz CT molecular complexity index is 1680. The van der Waals surface area contributed by atoms with Crippen molar-refractivity contribution >= 4 is 23.6 Å². The summed E-state index contributed by atoms with van der Waals surface area (Å²) in [6.07, 6.45) is -3.97. The molecule has 14 heteroatoms. The number of alkyl halides is 3. The van der Waals surface area contributed by atoms with Gasteiger partial charge in [-0.25, -0.2) is 19.3 Å².